The summed E-state index contributed by atoms with van der Waals surface area (Å²) in [4.78, 5) is 37.1. The predicted octanol–water partition coefficient (Wildman–Crippen LogP) is 8.57. The van der Waals surface area contributed by atoms with Crippen molar-refractivity contribution in [3.8, 4) is 61.8 Å². The summed E-state index contributed by atoms with van der Waals surface area (Å²) in [6, 6.07) is 26.1. The van der Waals surface area contributed by atoms with Gasteiger partial charge in [-0.15, -0.1) is 11.3 Å². The number of thiophene rings is 1. The Morgan fingerprint density at radius 3 is 2.38 bits per heavy atom. The summed E-state index contributed by atoms with van der Waals surface area (Å²) in [6.07, 6.45) is 1.49. The number of hydrogen-bond donors (Lipinski definition) is 1. The molecule has 4 aromatic carbocycles. The number of likely N-dealkylation sites (N-methyl/N-ethyl adjacent to an activating group) is 1. The maximum atomic E-state index is 14.2. The molecule has 1 fully saturated rings. The zero-order valence-electron chi connectivity index (χ0n) is 34.8. The van der Waals surface area contributed by atoms with Gasteiger partial charge in [0.1, 0.15) is 58.2 Å². The second-order valence-electron chi connectivity index (χ2n) is 14.7. The molecule has 0 spiro atoms. The Morgan fingerprint density at radius 2 is 1.62 bits per heavy atom. The summed E-state index contributed by atoms with van der Waals surface area (Å²) in [5.41, 5.74) is 3.75. The summed E-state index contributed by atoms with van der Waals surface area (Å²) < 4.78 is 44.5. The van der Waals surface area contributed by atoms with E-state index in [1.807, 2.05) is 30.3 Å². The molecule has 1 saturated heterocycles. The topological polar surface area (TPSA) is 141 Å². The van der Waals surface area contributed by atoms with Crippen molar-refractivity contribution in [2.24, 2.45) is 0 Å². The van der Waals surface area contributed by atoms with Crippen LogP contribution in [-0.2, 0) is 17.8 Å². The molecule has 3 aromatic heterocycles. The van der Waals surface area contributed by atoms with Crippen molar-refractivity contribution in [3.05, 3.63) is 126 Å². The summed E-state index contributed by atoms with van der Waals surface area (Å²) in [7, 11) is 5.22. The number of carboxylic acid groups (broad SMARTS) is 1. The molecule has 16 heteroatoms. The Morgan fingerprint density at radius 1 is 0.857 bits per heavy atom. The van der Waals surface area contributed by atoms with E-state index in [0.717, 1.165) is 38.3 Å². The van der Waals surface area contributed by atoms with E-state index in [1.165, 1.54) is 36.9 Å². The van der Waals surface area contributed by atoms with Gasteiger partial charge >= 0.3 is 5.97 Å². The molecule has 324 valence electrons. The Balaban J connectivity index is 1.10. The predicted molar refractivity (Wildman–Crippen MR) is 240 cm³/mol. The Labute approximate surface area is 372 Å². The summed E-state index contributed by atoms with van der Waals surface area (Å²) in [5, 5.41) is 11.3. The summed E-state index contributed by atoms with van der Waals surface area (Å²) in [6.45, 7) is 5.16. The fraction of sp³-hybridized carbons (Fsp3) is 0.255. The van der Waals surface area contributed by atoms with E-state index in [4.69, 9.17) is 40.3 Å². The standard InChI is InChI=1S/C47H44ClFN6O7S/c1-54-20-22-55(23-21-54)24-25-60-37-17-16-34(42(59-3)41(37)48)39-40-45(51-28-52-46(40)63-43(39)29-12-14-31(49)15-13-29)62-38(47(56)57)26-30-8-4-6-10-35(30)61-27-32-18-19-50-44(53-32)33-9-5-7-11-36(33)58-2/h4-19,28,38H,20-27H2,1-3H3,(H,56,57). The van der Waals surface area contributed by atoms with Gasteiger partial charge in [-0.1, -0.05) is 54.1 Å². The summed E-state index contributed by atoms with van der Waals surface area (Å²) in [5.74, 6) is 0.764. The average molecular weight is 891 g/mol. The van der Waals surface area contributed by atoms with E-state index in [2.05, 4.69) is 31.8 Å². The third-order valence-electron chi connectivity index (χ3n) is 10.7. The van der Waals surface area contributed by atoms with Crippen LogP contribution in [0.25, 0.3) is 43.2 Å². The van der Waals surface area contributed by atoms with Gasteiger partial charge in [-0.25, -0.2) is 29.1 Å². The second kappa shape index (κ2) is 19.8. The molecule has 1 N–H and O–H groups in total. The number of benzene rings is 4. The average Bonchev–Trinajstić information content (AvgIpc) is 3.70. The first-order chi connectivity index (χ1) is 30.7. The quantitative estimate of drug-likeness (QED) is 0.0934. The molecule has 0 aliphatic carbocycles. The molecule has 63 heavy (non-hydrogen) atoms. The number of ether oxygens (including phenoxy) is 5. The van der Waals surface area contributed by atoms with Crippen LogP contribution >= 0.6 is 22.9 Å². The molecule has 1 aliphatic heterocycles. The lowest BCUT2D eigenvalue weighted by Gasteiger charge is -2.32. The first-order valence-electron chi connectivity index (χ1n) is 20.2. The number of carbonyl (C=O) groups is 1. The normalized spacial score (nSPS) is 13.7. The van der Waals surface area contributed by atoms with Crippen molar-refractivity contribution in [2.75, 3.05) is 60.6 Å². The van der Waals surface area contributed by atoms with Crippen LogP contribution in [0.1, 0.15) is 11.3 Å². The van der Waals surface area contributed by atoms with E-state index in [9.17, 15) is 14.3 Å². The van der Waals surface area contributed by atoms with E-state index in [0.29, 0.717) is 78.5 Å². The number of piperazine rings is 1. The Hall–Kier alpha value is -6.39. The van der Waals surface area contributed by atoms with Crippen molar-refractivity contribution >= 4 is 39.1 Å². The van der Waals surface area contributed by atoms with Gasteiger partial charge in [0.15, 0.2) is 5.82 Å². The maximum Gasteiger partial charge on any atom is 0.345 e. The van der Waals surface area contributed by atoms with Crippen LogP contribution in [0.15, 0.2) is 104 Å². The molecule has 0 amide bonds. The molecular weight excluding hydrogens is 847 g/mol. The van der Waals surface area contributed by atoms with Gasteiger partial charge in [-0.05, 0) is 66.7 Å². The molecule has 0 radical (unpaired) electrons. The zero-order valence-corrected chi connectivity index (χ0v) is 36.4. The van der Waals surface area contributed by atoms with Crippen LogP contribution in [0.5, 0.6) is 28.9 Å². The van der Waals surface area contributed by atoms with Crippen molar-refractivity contribution < 1.29 is 38.0 Å². The van der Waals surface area contributed by atoms with Gasteiger partial charge in [-0.2, -0.15) is 0 Å². The number of fused-ring (bicyclic) bond motifs is 1. The summed E-state index contributed by atoms with van der Waals surface area (Å²) >= 11 is 8.37. The monoisotopic (exact) mass is 890 g/mol. The molecule has 0 saturated carbocycles. The molecule has 13 nitrogen and oxygen atoms in total. The molecule has 1 aliphatic rings. The highest BCUT2D eigenvalue weighted by molar-refractivity contribution is 7.22. The lowest BCUT2D eigenvalue weighted by molar-refractivity contribution is -0.145. The fourth-order valence-corrected chi connectivity index (χ4v) is 8.82. The Bertz CT molecular complexity index is 2710. The largest absolute Gasteiger partial charge is 0.496 e. The lowest BCUT2D eigenvalue weighted by atomic mass is 9.98. The van der Waals surface area contributed by atoms with Crippen LogP contribution < -0.4 is 23.7 Å². The number of para-hydroxylation sites is 2. The van der Waals surface area contributed by atoms with Crippen molar-refractivity contribution in [1.82, 2.24) is 29.7 Å². The van der Waals surface area contributed by atoms with Gasteiger partial charge in [0.05, 0.1) is 30.9 Å². The maximum absolute atomic E-state index is 14.2. The molecule has 1 unspecified atom stereocenters. The van der Waals surface area contributed by atoms with Gasteiger partial charge in [-0.3, -0.25) is 4.90 Å². The molecule has 0 bridgehead atoms. The fourth-order valence-electron chi connectivity index (χ4n) is 7.37. The number of methoxy groups -OCH3 is 2. The van der Waals surface area contributed by atoms with Crippen LogP contribution in [0, 0.1) is 5.82 Å². The number of aliphatic carboxylic acids is 1. The lowest BCUT2D eigenvalue weighted by Crippen LogP contribution is -2.45. The number of rotatable bonds is 17. The smallest absolute Gasteiger partial charge is 0.345 e. The third-order valence-corrected chi connectivity index (χ3v) is 12.2. The van der Waals surface area contributed by atoms with Crippen LogP contribution in [-0.4, -0.2) is 108 Å². The van der Waals surface area contributed by atoms with E-state index in [-0.39, 0.29) is 23.9 Å². The third kappa shape index (κ3) is 9.81. The highest BCUT2D eigenvalue weighted by Crippen LogP contribution is 2.52. The van der Waals surface area contributed by atoms with E-state index in [1.54, 1.807) is 61.8 Å². The van der Waals surface area contributed by atoms with Crippen molar-refractivity contribution in [1.29, 1.82) is 0 Å². The minimum atomic E-state index is -1.41. The van der Waals surface area contributed by atoms with Gasteiger partial charge in [0.25, 0.3) is 0 Å². The molecule has 4 heterocycles. The van der Waals surface area contributed by atoms with Crippen molar-refractivity contribution in [2.45, 2.75) is 19.1 Å². The van der Waals surface area contributed by atoms with Crippen LogP contribution in [0.3, 0.4) is 0 Å². The number of nitrogens with zero attached hydrogens (tertiary/aromatic N) is 6. The minimum absolute atomic E-state index is 0.0287. The van der Waals surface area contributed by atoms with Crippen molar-refractivity contribution in [3.63, 3.8) is 0 Å². The van der Waals surface area contributed by atoms with Crippen LogP contribution in [0.4, 0.5) is 4.39 Å². The highest BCUT2D eigenvalue weighted by atomic mass is 35.5. The van der Waals surface area contributed by atoms with Gasteiger partial charge in [0.2, 0.25) is 12.0 Å². The molecule has 1 atom stereocenters. The molecular formula is C47H44ClFN6O7S. The second-order valence-corrected chi connectivity index (χ2v) is 16.1. The van der Waals surface area contributed by atoms with Crippen LogP contribution in [0.2, 0.25) is 5.02 Å². The minimum Gasteiger partial charge on any atom is -0.496 e. The molecule has 7 aromatic rings. The number of aromatic nitrogens is 4. The first-order valence-corrected chi connectivity index (χ1v) is 21.4. The molecule has 8 rings (SSSR count). The van der Waals surface area contributed by atoms with E-state index < -0.39 is 17.9 Å². The van der Waals surface area contributed by atoms with Gasteiger partial charge in [0, 0.05) is 61.3 Å². The highest BCUT2D eigenvalue weighted by Gasteiger charge is 2.29. The number of hydrogen-bond acceptors (Lipinski definition) is 13. The van der Waals surface area contributed by atoms with E-state index >= 15 is 0 Å². The number of halogens is 2. The SMILES string of the molecule is COc1ccccc1-c1nccc(COc2ccccc2CC(Oc2ncnc3sc(-c4ccc(F)cc4)c(-c4ccc(OCCN5CCN(C)CC5)c(Cl)c4OC)c23)C(=O)O)n1. The Kier molecular flexibility index (Phi) is 13.6. The first kappa shape index (κ1) is 43.3. The van der Waals surface area contributed by atoms with Gasteiger partial charge < -0.3 is 33.7 Å². The zero-order chi connectivity index (χ0) is 43.9. The number of carboxylic acids is 1.